The Hall–Kier alpha value is -1.59. The second kappa shape index (κ2) is 6.04. The highest BCUT2D eigenvalue weighted by Gasteiger charge is 2.27. The van der Waals surface area contributed by atoms with Crippen molar-refractivity contribution in [3.63, 3.8) is 0 Å². The Morgan fingerprint density at radius 2 is 2.32 bits per heavy atom. The number of amides is 1. The number of benzene rings is 1. The van der Waals surface area contributed by atoms with Crippen LogP contribution in [0.2, 0.25) is 0 Å². The first-order valence-corrected chi connectivity index (χ1v) is 6.52. The van der Waals surface area contributed by atoms with E-state index in [1.54, 1.807) is 6.92 Å². The molecule has 19 heavy (non-hydrogen) atoms. The molecule has 5 nitrogen and oxygen atoms in total. The van der Waals surface area contributed by atoms with Crippen LogP contribution in [0.4, 0.5) is 0 Å². The van der Waals surface area contributed by atoms with E-state index in [4.69, 9.17) is 10.5 Å². The zero-order valence-electron chi connectivity index (χ0n) is 11.0. The molecule has 1 aromatic carbocycles. The Kier molecular flexibility index (Phi) is 4.39. The van der Waals surface area contributed by atoms with Gasteiger partial charge in [0.15, 0.2) is 0 Å². The highest BCUT2D eigenvalue weighted by Crippen LogP contribution is 2.33. The van der Waals surface area contributed by atoms with E-state index in [2.05, 4.69) is 5.32 Å². The molecule has 1 aliphatic heterocycles. The number of ether oxygens (including phenoxy) is 1. The number of fused-ring (bicyclic) bond motifs is 1. The summed E-state index contributed by atoms with van der Waals surface area (Å²) in [6.45, 7) is 2.42. The molecule has 0 spiro atoms. The molecule has 0 bridgehead atoms. The number of aliphatic hydroxyl groups is 1. The fraction of sp³-hybridized carbons (Fsp3) is 0.500. The summed E-state index contributed by atoms with van der Waals surface area (Å²) in [4.78, 5) is 12.2. The highest BCUT2D eigenvalue weighted by molar-refractivity contribution is 5.84. The number of carbonyl (C=O) groups excluding carboxylic acids is 1. The summed E-state index contributed by atoms with van der Waals surface area (Å²) >= 11 is 0. The number of carbonyl (C=O) groups is 1. The van der Waals surface area contributed by atoms with Gasteiger partial charge in [0, 0.05) is 18.2 Å². The number of hydrogen-bond acceptors (Lipinski definition) is 4. The van der Waals surface area contributed by atoms with E-state index in [0.717, 1.165) is 11.3 Å². The molecular formula is C14H20N2O3. The third kappa shape index (κ3) is 3.24. The van der Waals surface area contributed by atoms with Crippen LogP contribution in [0.15, 0.2) is 24.3 Å². The second-order valence-electron chi connectivity index (χ2n) is 4.88. The van der Waals surface area contributed by atoms with Crippen LogP contribution < -0.4 is 15.8 Å². The van der Waals surface area contributed by atoms with Crippen molar-refractivity contribution in [2.45, 2.75) is 31.4 Å². The van der Waals surface area contributed by atoms with Crippen LogP contribution in [0.5, 0.6) is 5.75 Å². The molecule has 0 fully saturated rings. The Bertz CT molecular complexity index is 448. The van der Waals surface area contributed by atoms with Crippen molar-refractivity contribution in [1.82, 2.24) is 5.32 Å². The number of aliphatic hydroxyl groups excluding tert-OH is 1. The summed E-state index contributed by atoms with van der Waals surface area (Å²) in [5.41, 5.74) is 6.61. The average Bonchev–Trinajstić information content (AvgIpc) is 2.43. The molecule has 0 aliphatic carbocycles. The molecular weight excluding hydrogens is 244 g/mol. The largest absolute Gasteiger partial charge is 0.493 e. The molecule has 2 rings (SSSR count). The fourth-order valence-electron chi connectivity index (χ4n) is 2.13. The molecule has 0 saturated carbocycles. The van der Waals surface area contributed by atoms with E-state index in [0.29, 0.717) is 13.0 Å². The monoisotopic (exact) mass is 264 g/mol. The van der Waals surface area contributed by atoms with Gasteiger partial charge in [-0.1, -0.05) is 18.2 Å². The number of nitrogens with one attached hydrogen (secondary N) is 1. The fourth-order valence-corrected chi connectivity index (χ4v) is 2.13. The highest BCUT2D eigenvalue weighted by atomic mass is 16.5. The smallest absolute Gasteiger partial charge is 0.227 e. The summed E-state index contributed by atoms with van der Waals surface area (Å²) in [6, 6.07) is 7.13. The van der Waals surface area contributed by atoms with Gasteiger partial charge in [-0.05, 0) is 19.4 Å². The minimum atomic E-state index is -0.637. The molecule has 0 radical (unpaired) electrons. The van der Waals surface area contributed by atoms with E-state index in [1.807, 2.05) is 24.3 Å². The molecule has 0 aromatic heterocycles. The van der Waals surface area contributed by atoms with Gasteiger partial charge >= 0.3 is 0 Å². The number of para-hydroxylation sites is 1. The standard InChI is InChI=1S/C14H20N2O3/c1-9(17)12(15)8-16-14(18)11-6-7-19-13-5-3-2-4-10(11)13/h2-5,9,11-12,17H,6-8,15H2,1H3,(H,16,18). The van der Waals surface area contributed by atoms with E-state index >= 15 is 0 Å². The summed E-state index contributed by atoms with van der Waals surface area (Å²) in [6.07, 6.45) is 0.0227. The van der Waals surface area contributed by atoms with Gasteiger partial charge < -0.3 is 20.9 Å². The maximum Gasteiger partial charge on any atom is 0.227 e. The van der Waals surface area contributed by atoms with Crippen LogP contribution in [-0.2, 0) is 4.79 Å². The predicted molar refractivity (Wildman–Crippen MR) is 72.0 cm³/mol. The van der Waals surface area contributed by atoms with Crippen LogP contribution in [-0.4, -0.2) is 36.3 Å². The molecule has 1 aliphatic rings. The molecule has 0 saturated heterocycles. The third-order valence-corrected chi connectivity index (χ3v) is 3.41. The Morgan fingerprint density at radius 3 is 3.05 bits per heavy atom. The molecule has 4 N–H and O–H groups in total. The number of rotatable bonds is 4. The van der Waals surface area contributed by atoms with Crippen molar-refractivity contribution in [1.29, 1.82) is 0 Å². The van der Waals surface area contributed by atoms with Gasteiger partial charge in [0.25, 0.3) is 0 Å². The molecule has 104 valence electrons. The van der Waals surface area contributed by atoms with Crippen LogP contribution >= 0.6 is 0 Å². The first-order chi connectivity index (χ1) is 9.09. The predicted octanol–water partition coefficient (Wildman–Crippen LogP) is 0.377. The summed E-state index contributed by atoms with van der Waals surface area (Å²) in [7, 11) is 0. The van der Waals surface area contributed by atoms with E-state index in [1.165, 1.54) is 0 Å². The van der Waals surface area contributed by atoms with Crippen LogP contribution in [0.25, 0.3) is 0 Å². The van der Waals surface area contributed by atoms with Crippen molar-refractivity contribution >= 4 is 5.91 Å². The van der Waals surface area contributed by atoms with Crippen molar-refractivity contribution in [3.05, 3.63) is 29.8 Å². The van der Waals surface area contributed by atoms with E-state index in [9.17, 15) is 9.90 Å². The van der Waals surface area contributed by atoms with Gasteiger partial charge in [0.2, 0.25) is 5.91 Å². The van der Waals surface area contributed by atoms with Crippen LogP contribution in [0.3, 0.4) is 0 Å². The van der Waals surface area contributed by atoms with E-state index < -0.39 is 12.1 Å². The van der Waals surface area contributed by atoms with Gasteiger partial charge in [0.05, 0.1) is 18.6 Å². The second-order valence-corrected chi connectivity index (χ2v) is 4.88. The van der Waals surface area contributed by atoms with Gasteiger partial charge in [-0.25, -0.2) is 0 Å². The van der Waals surface area contributed by atoms with Gasteiger partial charge in [-0.15, -0.1) is 0 Å². The molecule has 1 aromatic rings. The summed E-state index contributed by atoms with van der Waals surface area (Å²) < 4.78 is 5.52. The molecule has 3 unspecified atom stereocenters. The molecule has 1 heterocycles. The van der Waals surface area contributed by atoms with Crippen molar-refractivity contribution in [3.8, 4) is 5.75 Å². The lowest BCUT2D eigenvalue weighted by Gasteiger charge is -2.25. The van der Waals surface area contributed by atoms with Gasteiger partial charge in [0.1, 0.15) is 5.75 Å². The lowest BCUT2D eigenvalue weighted by molar-refractivity contribution is -0.123. The minimum Gasteiger partial charge on any atom is -0.493 e. The number of nitrogens with two attached hydrogens (primary N) is 1. The van der Waals surface area contributed by atoms with Gasteiger partial charge in [-0.2, -0.15) is 0 Å². The lowest BCUT2D eigenvalue weighted by Crippen LogP contribution is -2.45. The minimum absolute atomic E-state index is 0.0631. The Morgan fingerprint density at radius 1 is 1.58 bits per heavy atom. The third-order valence-electron chi connectivity index (χ3n) is 3.41. The van der Waals surface area contributed by atoms with E-state index in [-0.39, 0.29) is 18.4 Å². The lowest BCUT2D eigenvalue weighted by atomic mass is 9.92. The van der Waals surface area contributed by atoms with Gasteiger partial charge in [-0.3, -0.25) is 4.79 Å². The first-order valence-electron chi connectivity index (χ1n) is 6.52. The van der Waals surface area contributed by atoms with Crippen molar-refractivity contribution in [2.75, 3.05) is 13.2 Å². The average molecular weight is 264 g/mol. The first kappa shape index (κ1) is 13.8. The normalized spacial score (nSPS) is 20.9. The maximum absolute atomic E-state index is 12.2. The SMILES string of the molecule is CC(O)C(N)CNC(=O)C1CCOc2ccccc21. The van der Waals surface area contributed by atoms with Crippen LogP contribution in [0, 0.1) is 0 Å². The molecule has 5 heteroatoms. The Labute approximate surface area is 112 Å². The summed E-state index contributed by atoms with van der Waals surface area (Å²) in [5.74, 6) is 0.506. The summed E-state index contributed by atoms with van der Waals surface area (Å²) in [5, 5.41) is 12.1. The quantitative estimate of drug-likeness (QED) is 0.734. The van der Waals surface area contributed by atoms with Crippen LogP contribution in [0.1, 0.15) is 24.8 Å². The zero-order chi connectivity index (χ0) is 13.8. The topological polar surface area (TPSA) is 84.6 Å². The zero-order valence-corrected chi connectivity index (χ0v) is 11.0. The van der Waals surface area contributed by atoms with Crippen molar-refractivity contribution in [2.24, 2.45) is 5.73 Å². The number of hydrogen-bond donors (Lipinski definition) is 3. The molecule has 3 atom stereocenters. The van der Waals surface area contributed by atoms with Crippen molar-refractivity contribution < 1.29 is 14.6 Å². The maximum atomic E-state index is 12.2. The molecule has 1 amide bonds. The Balaban J connectivity index is 2.01.